The number of rotatable bonds is 5. The van der Waals surface area contributed by atoms with E-state index in [1.165, 1.54) is 15.3 Å². The van der Waals surface area contributed by atoms with Gasteiger partial charge in [-0.3, -0.25) is 9.69 Å². The quantitative estimate of drug-likeness (QED) is 0.521. The van der Waals surface area contributed by atoms with E-state index >= 15 is 0 Å². The molecule has 1 aromatic carbocycles. The van der Waals surface area contributed by atoms with E-state index in [-0.39, 0.29) is 5.56 Å². The van der Waals surface area contributed by atoms with Gasteiger partial charge in [0, 0.05) is 35.8 Å². The van der Waals surface area contributed by atoms with Crippen molar-refractivity contribution in [2.45, 2.75) is 19.5 Å². The van der Waals surface area contributed by atoms with E-state index in [1.807, 2.05) is 12.1 Å². The molecule has 0 atom stereocenters. The number of fused-ring (bicyclic) bond motifs is 1. The maximum Gasteiger partial charge on any atom is 0.256 e. The third-order valence-electron chi connectivity index (χ3n) is 5.32. The van der Waals surface area contributed by atoms with Crippen molar-refractivity contribution in [2.75, 3.05) is 13.7 Å². The van der Waals surface area contributed by atoms with Gasteiger partial charge < -0.3 is 14.1 Å². The monoisotopic (exact) mass is 419 g/mol. The molecule has 1 aliphatic heterocycles. The van der Waals surface area contributed by atoms with Gasteiger partial charge in [0.2, 0.25) is 0 Å². The Hall–Kier alpha value is -3.16. The first-order valence-electron chi connectivity index (χ1n) is 9.81. The fourth-order valence-corrected chi connectivity index (χ4v) is 4.80. The predicted molar refractivity (Wildman–Crippen MR) is 117 cm³/mol. The highest BCUT2D eigenvalue weighted by Crippen LogP contribution is 2.31. The summed E-state index contributed by atoms with van der Waals surface area (Å²) in [6, 6.07) is 16.0. The lowest BCUT2D eigenvalue weighted by atomic mass is 10.1. The second-order valence-electron chi connectivity index (χ2n) is 7.27. The fraction of sp³-hybridized carbons (Fsp3) is 0.217. The van der Waals surface area contributed by atoms with Gasteiger partial charge in [0.1, 0.15) is 5.75 Å². The number of hydrogen-bond acceptors (Lipinski definition) is 6. The lowest BCUT2D eigenvalue weighted by Crippen LogP contribution is -2.35. The van der Waals surface area contributed by atoms with Gasteiger partial charge in [-0.2, -0.15) is 0 Å². The summed E-state index contributed by atoms with van der Waals surface area (Å²) in [6.45, 7) is 2.29. The summed E-state index contributed by atoms with van der Waals surface area (Å²) in [4.78, 5) is 25.0. The number of nitrogens with zero attached hydrogens (tertiary/aromatic N) is 2. The number of benzene rings is 1. The molecule has 1 aliphatic rings. The number of H-pyrrole nitrogens is 1. The third-order valence-corrected chi connectivity index (χ3v) is 6.44. The Labute approximate surface area is 177 Å². The Kier molecular flexibility index (Phi) is 4.98. The van der Waals surface area contributed by atoms with Crippen molar-refractivity contribution in [2.24, 2.45) is 0 Å². The first kappa shape index (κ1) is 18.8. The standard InChI is InChI=1S/C23H21N3O3S/c1-28-16-6-4-15(5-7-16)21-9-8-17(30-21)13-26-11-10-19-18(14-26)23(27)25-22(24-19)20-3-2-12-29-20/h2-9,12H,10-11,13-14H2,1H3,(H,24,25,27). The second kappa shape index (κ2) is 7.93. The molecule has 30 heavy (non-hydrogen) atoms. The molecule has 4 heterocycles. The number of aromatic nitrogens is 2. The van der Waals surface area contributed by atoms with Crippen molar-refractivity contribution in [1.29, 1.82) is 0 Å². The van der Waals surface area contributed by atoms with E-state index in [4.69, 9.17) is 9.15 Å². The smallest absolute Gasteiger partial charge is 0.256 e. The minimum absolute atomic E-state index is 0.0822. The molecule has 0 saturated carbocycles. The van der Waals surface area contributed by atoms with Crippen LogP contribution in [-0.2, 0) is 19.5 Å². The van der Waals surface area contributed by atoms with Crippen LogP contribution in [0.25, 0.3) is 22.0 Å². The van der Waals surface area contributed by atoms with Gasteiger partial charge in [0.05, 0.1) is 24.6 Å². The van der Waals surface area contributed by atoms with E-state index in [0.29, 0.717) is 18.1 Å². The molecular weight excluding hydrogens is 398 g/mol. The average Bonchev–Trinajstić information content (AvgIpc) is 3.47. The minimum Gasteiger partial charge on any atom is -0.497 e. The summed E-state index contributed by atoms with van der Waals surface area (Å²) >= 11 is 1.78. The zero-order chi connectivity index (χ0) is 20.5. The molecule has 0 radical (unpaired) electrons. The first-order chi connectivity index (χ1) is 14.7. The van der Waals surface area contributed by atoms with Crippen LogP contribution in [0.2, 0.25) is 0 Å². The molecule has 5 rings (SSSR count). The zero-order valence-electron chi connectivity index (χ0n) is 16.6. The fourth-order valence-electron chi connectivity index (χ4n) is 3.74. The molecule has 0 amide bonds. The van der Waals surface area contributed by atoms with Gasteiger partial charge >= 0.3 is 0 Å². The maximum atomic E-state index is 12.6. The van der Waals surface area contributed by atoms with E-state index < -0.39 is 0 Å². The molecule has 152 valence electrons. The molecule has 0 spiro atoms. The molecular formula is C23H21N3O3S. The van der Waals surface area contributed by atoms with E-state index in [0.717, 1.165) is 36.5 Å². The van der Waals surface area contributed by atoms with Crippen molar-refractivity contribution in [1.82, 2.24) is 14.9 Å². The lowest BCUT2D eigenvalue weighted by molar-refractivity contribution is 0.244. The molecule has 0 unspecified atom stereocenters. The van der Waals surface area contributed by atoms with Crippen LogP contribution in [0.4, 0.5) is 0 Å². The topological polar surface area (TPSA) is 71.4 Å². The highest BCUT2D eigenvalue weighted by Gasteiger charge is 2.22. The number of thiophene rings is 1. The Morgan fingerprint density at radius 3 is 2.83 bits per heavy atom. The number of ether oxygens (including phenoxy) is 1. The van der Waals surface area contributed by atoms with Crippen molar-refractivity contribution in [3.05, 3.63) is 81.3 Å². The van der Waals surface area contributed by atoms with Crippen molar-refractivity contribution in [3.8, 4) is 27.8 Å². The summed E-state index contributed by atoms with van der Waals surface area (Å²) in [7, 11) is 1.67. The maximum absolute atomic E-state index is 12.6. The highest BCUT2D eigenvalue weighted by molar-refractivity contribution is 7.15. The van der Waals surface area contributed by atoms with Crippen molar-refractivity contribution < 1.29 is 9.15 Å². The highest BCUT2D eigenvalue weighted by atomic mass is 32.1. The number of hydrogen-bond donors (Lipinski definition) is 1. The van der Waals surface area contributed by atoms with Crippen LogP contribution >= 0.6 is 11.3 Å². The van der Waals surface area contributed by atoms with Gasteiger partial charge in [-0.05, 0) is 54.1 Å². The predicted octanol–water partition coefficient (Wildman–Crippen LogP) is 4.33. The Balaban J connectivity index is 1.31. The number of furan rings is 1. The normalized spacial score (nSPS) is 13.9. The number of nitrogens with one attached hydrogen (secondary N) is 1. The van der Waals surface area contributed by atoms with Crippen LogP contribution < -0.4 is 10.3 Å². The lowest BCUT2D eigenvalue weighted by Gasteiger charge is -2.27. The largest absolute Gasteiger partial charge is 0.497 e. The summed E-state index contributed by atoms with van der Waals surface area (Å²) in [5.41, 5.74) is 2.72. The summed E-state index contributed by atoms with van der Waals surface area (Å²) in [5, 5.41) is 0. The van der Waals surface area contributed by atoms with E-state index in [1.54, 1.807) is 36.8 Å². The molecule has 1 N–H and O–H groups in total. The Morgan fingerprint density at radius 1 is 1.20 bits per heavy atom. The minimum atomic E-state index is -0.0822. The molecule has 0 fully saturated rings. The van der Waals surface area contributed by atoms with Crippen LogP contribution in [0, 0.1) is 0 Å². The molecule has 7 heteroatoms. The summed E-state index contributed by atoms with van der Waals surface area (Å²) in [6.07, 6.45) is 2.33. The van der Waals surface area contributed by atoms with Crippen molar-refractivity contribution in [3.63, 3.8) is 0 Å². The SMILES string of the molecule is COc1ccc(-c2ccc(CN3CCc4nc(-c5ccco5)[nH]c(=O)c4C3)s2)cc1. The van der Waals surface area contributed by atoms with Crippen LogP contribution in [0.3, 0.4) is 0 Å². The molecule has 3 aromatic heterocycles. The van der Waals surface area contributed by atoms with E-state index in [2.05, 4.69) is 39.1 Å². The molecule has 0 saturated heterocycles. The number of methoxy groups -OCH3 is 1. The first-order valence-corrected chi connectivity index (χ1v) is 10.6. The third kappa shape index (κ3) is 3.69. The second-order valence-corrected chi connectivity index (χ2v) is 8.44. The van der Waals surface area contributed by atoms with Crippen LogP contribution in [0.1, 0.15) is 16.1 Å². The zero-order valence-corrected chi connectivity index (χ0v) is 17.4. The molecule has 4 aromatic rings. The number of aromatic amines is 1. The molecule has 0 bridgehead atoms. The van der Waals surface area contributed by atoms with Crippen LogP contribution in [-0.4, -0.2) is 28.5 Å². The van der Waals surface area contributed by atoms with Gasteiger partial charge in [-0.1, -0.05) is 0 Å². The van der Waals surface area contributed by atoms with Gasteiger partial charge in [-0.25, -0.2) is 4.98 Å². The van der Waals surface area contributed by atoms with Crippen LogP contribution in [0.15, 0.2) is 64.0 Å². The summed E-state index contributed by atoms with van der Waals surface area (Å²) < 4.78 is 10.6. The van der Waals surface area contributed by atoms with E-state index in [9.17, 15) is 4.79 Å². The van der Waals surface area contributed by atoms with Crippen molar-refractivity contribution >= 4 is 11.3 Å². The Bertz CT molecular complexity index is 1210. The van der Waals surface area contributed by atoms with Gasteiger partial charge in [0.25, 0.3) is 5.56 Å². The Morgan fingerprint density at radius 2 is 2.07 bits per heavy atom. The van der Waals surface area contributed by atoms with Gasteiger partial charge in [0.15, 0.2) is 11.6 Å². The average molecular weight is 420 g/mol. The molecule has 0 aliphatic carbocycles. The van der Waals surface area contributed by atoms with Gasteiger partial charge in [-0.15, -0.1) is 11.3 Å². The molecule has 6 nitrogen and oxygen atoms in total. The summed E-state index contributed by atoms with van der Waals surface area (Å²) in [5.74, 6) is 1.94. The van der Waals surface area contributed by atoms with Crippen LogP contribution in [0.5, 0.6) is 5.75 Å².